The van der Waals surface area contributed by atoms with Crippen LogP contribution in [0.3, 0.4) is 0 Å². The number of methoxy groups -OCH3 is 1. The molecule has 5 heterocycles. The molecule has 68 heavy (non-hydrogen) atoms. The summed E-state index contributed by atoms with van der Waals surface area (Å²) in [5.74, 6) is 0.0306. The minimum absolute atomic E-state index is 0.00214. The van der Waals surface area contributed by atoms with E-state index in [1.165, 1.54) is 41.9 Å². The molecule has 0 radical (unpaired) electrons. The van der Waals surface area contributed by atoms with E-state index in [0.717, 1.165) is 11.1 Å². The van der Waals surface area contributed by atoms with Crippen molar-refractivity contribution in [3.63, 3.8) is 0 Å². The number of fused-ring (bicyclic) bond motifs is 7. The van der Waals surface area contributed by atoms with Gasteiger partial charge in [-0.15, -0.1) is 11.3 Å². The van der Waals surface area contributed by atoms with Gasteiger partial charge in [-0.2, -0.15) is 8.42 Å². The highest BCUT2D eigenvalue weighted by Gasteiger charge is 2.30. The van der Waals surface area contributed by atoms with Crippen molar-refractivity contribution in [2.45, 2.75) is 56.8 Å². The zero-order chi connectivity index (χ0) is 47.5. The Hall–Kier alpha value is -6.98. The number of thiophene rings is 1. The van der Waals surface area contributed by atoms with Gasteiger partial charge in [-0.05, 0) is 109 Å². The van der Waals surface area contributed by atoms with Crippen molar-refractivity contribution in [1.82, 2.24) is 19.9 Å². The Bertz CT molecular complexity index is 3280. The highest BCUT2D eigenvalue weighted by molar-refractivity contribution is 7.86. The fraction of sp³-hybridized carbons (Fsp3) is 0.196. The van der Waals surface area contributed by atoms with E-state index in [4.69, 9.17) is 39.7 Å². The van der Waals surface area contributed by atoms with E-state index in [2.05, 4.69) is 15.0 Å². The van der Waals surface area contributed by atoms with Crippen LogP contribution in [0.15, 0.2) is 127 Å². The number of hydrogen-bond acceptors (Lipinski definition) is 13. The Morgan fingerprint density at radius 3 is 2.49 bits per heavy atom. The molecule has 10 rings (SSSR count). The summed E-state index contributed by atoms with van der Waals surface area (Å²) in [4.78, 5) is 32.7. The summed E-state index contributed by atoms with van der Waals surface area (Å²) < 4.78 is 71.8. The molecule has 0 unspecified atom stereocenters. The summed E-state index contributed by atoms with van der Waals surface area (Å²) in [5, 5.41) is 11.5. The molecule has 3 aromatic heterocycles. The van der Waals surface area contributed by atoms with E-state index in [9.17, 15) is 22.7 Å². The third-order valence-corrected chi connectivity index (χ3v) is 14.4. The summed E-state index contributed by atoms with van der Waals surface area (Å²) >= 11 is 8.47. The predicted molar refractivity (Wildman–Crippen MR) is 256 cm³/mol. The van der Waals surface area contributed by atoms with Crippen LogP contribution in [-0.4, -0.2) is 65.4 Å². The van der Waals surface area contributed by atoms with Crippen molar-refractivity contribution in [2.24, 2.45) is 0 Å². The Balaban J connectivity index is 1.14. The average molecular weight is 974 g/mol. The second kappa shape index (κ2) is 19.7. The zero-order valence-electron chi connectivity index (χ0n) is 36.8. The first-order valence-electron chi connectivity index (χ1n) is 21.4. The highest BCUT2D eigenvalue weighted by atomic mass is 35.5. The van der Waals surface area contributed by atoms with E-state index in [0.29, 0.717) is 77.9 Å². The molecule has 346 valence electrons. The monoisotopic (exact) mass is 972 g/mol. The van der Waals surface area contributed by atoms with Crippen LogP contribution in [-0.2, 0) is 38.5 Å². The molecule has 0 saturated heterocycles. The third-order valence-electron chi connectivity index (χ3n) is 11.4. The summed E-state index contributed by atoms with van der Waals surface area (Å²) in [6.45, 7) is 3.32. The number of carboxylic acids is 1. The molecule has 4 bridgehead atoms. The van der Waals surface area contributed by atoms with Gasteiger partial charge in [0.25, 0.3) is 10.1 Å². The Kier molecular flexibility index (Phi) is 13.4. The molecule has 0 aliphatic carbocycles. The van der Waals surface area contributed by atoms with E-state index < -0.39 is 34.1 Å². The van der Waals surface area contributed by atoms with Crippen molar-refractivity contribution >= 4 is 49.2 Å². The van der Waals surface area contributed by atoms with Gasteiger partial charge in [-0.1, -0.05) is 71.8 Å². The molecule has 0 spiro atoms. The normalized spacial score (nSPS) is 15.0. The first-order chi connectivity index (χ1) is 32.8. The Labute approximate surface area is 400 Å². The van der Waals surface area contributed by atoms with E-state index in [-0.39, 0.29) is 47.6 Å². The minimum Gasteiger partial charge on any atom is -0.496 e. The number of rotatable bonds is 11. The lowest BCUT2D eigenvalue weighted by molar-refractivity contribution is -0.145. The minimum atomic E-state index is -4.18. The standard InChI is InChI=1S/C51H42ClFN4O9S2/c1-29-8-17-37(18-9-29)68(60,61)64-27-36-16-10-31-11-20-40(63-26-35-22-23-54-48(57-35)39-6-4-5-7-41(39)62-3)33(24-31)25-43(51(58)59)66-49-45-44(38-19-21-42(65-36)46(52)30(38)2)47(67-50(45)56-28-55-49)32-12-14-34(53)15-13-32/h4-9,11-15,17-24,28,36,43H,10,16,25-27H2,1-3H3,(H,58,59)/t36-,43+/m0/s1. The number of aryl methyl sites for hydroxylation is 2. The molecule has 0 saturated carbocycles. The maximum absolute atomic E-state index is 14.3. The number of carboxylic acid groups (broad SMARTS) is 1. The van der Waals surface area contributed by atoms with Crippen LogP contribution < -0.4 is 18.9 Å². The molecule has 17 heteroatoms. The van der Waals surface area contributed by atoms with Crippen LogP contribution in [0.4, 0.5) is 4.39 Å². The van der Waals surface area contributed by atoms with Crippen LogP contribution in [0.25, 0.3) is 43.2 Å². The summed E-state index contributed by atoms with van der Waals surface area (Å²) in [5.41, 5.74) is 5.87. The van der Waals surface area contributed by atoms with Gasteiger partial charge in [0.2, 0.25) is 12.0 Å². The van der Waals surface area contributed by atoms with Crippen molar-refractivity contribution in [1.29, 1.82) is 0 Å². The predicted octanol–water partition coefficient (Wildman–Crippen LogP) is 10.7. The lowest BCUT2D eigenvalue weighted by atomic mass is 9.96. The fourth-order valence-corrected chi connectivity index (χ4v) is 10.2. The van der Waals surface area contributed by atoms with Crippen molar-refractivity contribution in [3.8, 4) is 56.1 Å². The molecular weight excluding hydrogens is 931 g/mol. The molecule has 1 N–H and O–H groups in total. The smallest absolute Gasteiger partial charge is 0.345 e. The quantitative estimate of drug-likeness (QED) is 0.122. The van der Waals surface area contributed by atoms with Gasteiger partial charge in [0.1, 0.15) is 53.5 Å². The first kappa shape index (κ1) is 46.1. The van der Waals surface area contributed by atoms with Crippen LogP contribution in [0.1, 0.15) is 34.4 Å². The molecule has 8 aromatic rings. The maximum atomic E-state index is 14.3. The number of benzene rings is 5. The lowest BCUT2D eigenvalue weighted by Crippen LogP contribution is -2.30. The second-order valence-electron chi connectivity index (χ2n) is 16.0. The molecule has 13 nitrogen and oxygen atoms in total. The zero-order valence-corrected chi connectivity index (χ0v) is 39.2. The Morgan fingerprint density at radius 1 is 0.912 bits per heavy atom. The van der Waals surface area contributed by atoms with Crippen molar-refractivity contribution < 1.29 is 45.8 Å². The summed E-state index contributed by atoms with van der Waals surface area (Å²) in [6, 6.07) is 30.4. The maximum Gasteiger partial charge on any atom is 0.345 e. The van der Waals surface area contributed by atoms with Gasteiger partial charge in [-0.25, -0.2) is 29.1 Å². The van der Waals surface area contributed by atoms with E-state index in [1.807, 2.05) is 50.2 Å². The lowest BCUT2D eigenvalue weighted by Gasteiger charge is -2.22. The van der Waals surface area contributed by atoms with Crippen LogP contribution >= 0.6 is 22.9 Å². The van der Waals surface area contributed by atoms with Crippen LogP contribution in [0, 0.1) is 19.7 Å². The molecular formula is C51H42ClFN4O9S2. The van der Waals surface area contributed by atoms with Crippen LogP contribution in [0.5, 0.6) is 23.1 Å². The fourth-order valence-electron chi connectivity index (χ4n) is 7.89. The molecule has 2 aliphatic rings. The largest absolute Gasteiger partial charge is 0.496 e. The average Bonchev–Trinajstić information content (AvgIpc) is 3.73. The number of aliphatic carboxylic acids is 1. The van der Waals surface area contributed by atoms with Gasteiger partial charge >= 0.3 is 5.97 Å². The number of hydrogen-bond donors (Lipinski definition) is 1. The van der Waals surface area contributed by atoms with Crippen LogP contribution in [0.2, 0.25) is 5.02 Å². The summed E-state index contributed by atoms with van der Waals surface area (Å²) in [7, 11) is -2.61. The number of nitrogens with zero attached hydrogens (tertiary/aromatic N) is 4. The van der Waals surface area contributed by atoms with Crippen molar-refractivity contribution in [2.75, 3.05) is 13.7 Å². The highest BCUT2D eigenvalue weighted by Crippen LogP contribution is 2.50. The third kappa shape index (κ3) is 9.85. The van der Waals surface area contributed by atoms with Crippen molar-refractivity contribution in [3.05, 3.63) is 161 Å². The van der Waals surface area contributed by atoms with Gasteiger partial charge in [-0.3, -0.25) is 4.18 Å². The second-order valence-corrected chi connectivity index (χ2v) is 19.0. The number of aromatic nitrogens is 4. The molecule has 2 atom stereocenters. The van der Waals surface area contributed by atoms with Gasteiger partial charge < -0.3 is 24.1 Å². The SMILES string of the molecule is COc1ccccc1-c1nccc(COc2ccc3cc2C[C@H](C(=O)O)Oc2ncnc4sc(-c5ccc(F)cc5)c(c24)-c2ccc(c(Cl)c2C)O[C@H](COS(=O)(=O)c2ccc(C)cc2)CC3)n1. The molecule has 0 fully saturated rings. The molecule has 0 amide bonds. The molecule has 2 aliphatic heterocycles. The first-order valence-corrected chi connectivity index (χ1v) is 24.0. The topological polar surface area (TPSA) is 169 Å². The summed E-state index contributed by atoms with van der Waals surface area (Å²) in [6.07, 6.45) is 1.05. The molecule has 5 aromatic carbocycles. The van der Waals surface area contributed by atoms with Gasteiger partial charge in [0.05, 0.1) is 33.7 Å². The Morgan fingerprint density at radius 2 is 1.71 bits per heavy atom. The number of carbonyl (C=O) groups is 1. The van der Waals surface area contributed by atoms with E-state index >= 15 is 0 Å². The number of para-hydroxylation sites is 1. The van der Waals surface area contributed by atoms with Gasteiger partial charge in [0, 0.05) is 23.1 Å². The number of ether oxygens (including phenoxy) is 4. The number of halogens is 2. The van der Waals surface area contributed by atoms with E-state index in [1.54, 1.807) is 61.8 Å². The van der Waals surface area contributed by atoms with Gasteiger partial charge in [0.15, 0.2) is 5.82 Å².